The SMILES string of the molecule is COc1ccc(F)cc1S(=O)(=O)N1CCC[C@H](C(=O)Nc2ccc(Br)cc2)C1. The Bertz CT molecular complexity index is 966. The van der Waals surface area contributed by atoms with Crippen molar-refractivity contribution in [2.75, 3.05) is 25.5 Å². The molecule has 0 aliphatic carbocycles. The van der Waals surface area contributed by atoms with Crippen LogP contribution in [0.1, 0.15) is 12.8 Å². The van der Waals surface area contributed by atoms with Crippen LogP contribution in [0, 0.1) is 11.7 Å². The second-order valence-corrected chi connectivity index (χ2v) is 9.32. The number of carbonyl (C=O) groups excluding carboxylic acids is 1. The van der Waals surface area contributed by atoms with E-state index < -0.39 is 21.8 Å². The quantitative estimate of drug-likeness (QED) is 0.723. The Morgan fingerprint density at radius 1 is 1.25 bits per heavy atom. The molecule has 1 amide bonds. The normalized spacial score (nSPS) is 17.9. The summed E-state index contributed by atoms with van der Waals surface area (Å²) in [5.74, 6) is -1.33. The molecule has 0 unspecified atom stereocenters. The van der Waals surface area contributed by atoms with Gasteiger partial charge in [-0.1, -0.05) is 15.9 Å². The van der Waals surface area contributed by atoms with E-state index in [2.05, 4.69) is 21.2 Å². The topological polar surface area (TPSA) is 75.7 Å². The molecule has 2 aromatic carbocycles. The van der Waals surface area contributed by atoms with E-state index in [9.17, 15) is 17.6 Å². The Balaban J connectivity index is 1.78. The fourth-order valence-corrected chi connectivity index (χ4v) is 5.10. The van der Waals surface area contributed by atoms with Crippen molar-refractivity contribution in [1.82, 2.24) is 4.31 Å². The molecule has 0 spiro atoms. The molecule has 3 rings (SSSR count). The number of carbonyl (C=O) groups is 1. The maximum Gasteiger partial charge on any atom is 0.246 e. The molecule has 2 aromatic rings. The minimum absolute atomic E-state index is 0.0321. The lowest BCUT2D eigenvalue weighted by molar-refractivity contribution is -0.120. The summed E-state index contributed by atoms with van der Waals surface area (Å²) in [6.07, 6.45) is 1.12. The fraction of sp³-hybridized carbons (Fsp3) is 0.316. The first-order chi connectivity index (χ1) is 13.3. The van der Waals surface area contributed by atoms with Gasteiger partial charge in [-0.25, -0.2) is 12.8 Å². The Morgan fingerprint density at radius 3 is 2.64 bits per heavy atom. The van der Waals surface area contributed by atoms with Crippen molar-refractivity contribution < 1.29 is 22.3 Å². The molecule has 9 heteroatoms. The number of anilines is 1. The van der Waals surface area contributed by atoms with Crippen molar-refractivity contribution in [3.05, 3.63) is 52.8 Å². The summed E-state index contributed by atoms with van der Waals surface area (Å²) in [7, 11) is -2.66. The van der Waals surface area contributed by atoms with Crippen LogP contribution in [0.5, 0.6) is 5.75 Å². The van der Waals surface area contributed by atoms with E-state index in [1.54, 1.807) is 12.1 Å². The third kappa shape index (κ3) is 4.53. The molecule has 1 aliphatic rings. The lowest BCUT2D eigenvalue weighted by atomic mass is 9.99. The highest BCUT2D eigenvalue weighted by atomic mass is 79.9. The van der Waals surface area contributed by atoms with Crippen LogP contribution in [0.3, 0.4) is 0 Å². The molecule has 1 saturated heterocycles. The first-order valence-electron chi connectivity index (χ1n) is 8.71. The van der Waals surface area contributed by atoms with Gasteiger partial charge in [0, 0.05) is 23.2 Å². The fourth-order valence-electron chi connectivity index (χ4n) is 3.14. The highest BCUT2D eigenvalue weighted by molar-refractivity contribution is 9.10. The van der Waals surface area contributed by atoms with E-state index >= 15 is 0 Å². The zero-order valence-electron chi connectivity index (χ0n) is 15.2. The van der Waals surface area contributed by atoms with Gasteiger partial charge in [0.25, 0.3) is 0 Å². The first-order valence-corrected chi connectivity index (χ1v) is 10.9. The Kier molecular flexibility index (Phi) is 6.36. The third-order valence-electron chi connectivity index (χ3n) is 4.61. The van der Waals surface area contributed by atoms with Gasteiger partial charge in [-0.05, 0) is 55.3 Å². The number of piperidine rings is 1. The van der Waals surface area contributed by atoms with Crippen molar-refractivity contribution in [3.63, 3.8) is 0 Å². The van der Waals surface area contributed by atoms with Crippen molar-refractivity contribution in [2.45, 2.75) is 17.7 Å². The summed E-state index contributed by atoms with van der Waals surface area (Å²) in [6, 6.07) is 10.5. The van der Waals surface area contributed by atoms with Gasteiger partial charge in [0.1, 0.15) is 16.5 Å². The molecule has 6 nitrogen and oxygen atoms in total. The van der Waals surface area contributed by atoms with Gasteiger partial charge >= 0.3 is 0 Å². The smallest absolute Gasteiger partial charge is 0.246 e. The predicted molar refractivity (Wildman–Crippen MR) is 107 cm³/mol. The molecular weight excluding hydrogens is 451 g/mol. The highest BCUT2D eigenvalue weighted by Gasteiger charge is 2.35. The lowest BCUT2D eigenvalue weighted by Gasteiger charge is -2.31. The molecular formula is C19H20BrFN2O4S. The monoisotopic (exact) mass is 470 g/mol. The van der Waals surface area contributed by atoms with Crippen LogP contribution in [0.4, 0.5) is 10.1 Å². The summed E-state index contributed by atoms with van der Waals surface area (Å²) < 4.78 is 46.9. The van der Waals surface area contributed by atoms with Crippen molar-refractivity contribution >= 4 is 37.5 Å². The van der Waals surface area contributed by atoms with Crippen LogP contribution >= 0.6 is 15.9 Å². The van der Waals surface area contributed by atoms with E-state index in [4.69, 9.17) is 4.74 Å². The molecule has 1 N–H and O–H groups in total. The molecule has 1 aliphatic heterocycles. The van der Waals surface area contributed by atoms with Crippen molar-refractivity contribution in [1.29, 1.82) is 0 Å². The summed E-state index contributed by atoms with van der Waals surface area (Å²) in [6.45, 7) is 0.300. The van der Waals surface area contributed by atoms with Gasteiger partial charge in [-0.2, -0.15) is 4.31 Å². The molecule has 150 valence electrons. The van der Waals surface area contributed by atoms with Gasteiger partial charge in [0.2, 0.25) is 15.9 Å². The first kappa shape index (κ1) is 20.8. The van der Waals surface area contributed by atoms with Crippen LogP contribution in [0.2, 0.25) is 0 Å². The van der Waals surface area contributed by atoms with E-state index in [-0.39, 0.29) is 29.6 Å². The number of nitrogens with one attached hydrogen (secondary N) is 1. The van der Waals surface area contributed by atoms with Crippen LogP contribution < -0.4 is 10.1 Å². The zero-order valence-corrected chi connectivity index (χ0v) is 17.6. The van der Waals surface area contributed by atoms with Gasteiger partial charge in [-0.15, -0.1) is 0 Å². The summed E-state index contributed by atoms with van der Waals surface area (Å²) in [5.41, 5.74) is 0.639. The molecule has 1 atom stereocenters. The number of halogens is 2. The van der Waals surface area contributed by atoms with Gasteiger partial charge in [-0.3, -0.25) is 4.79 Å². The van der Waals surface area contributed by atoms with E-state index in [1.807, 2.05) is 12.1 Å². The standard InChI is InChI=1S/C19H20BrFN2O4S/c1-27-17-9-6-15(21)11-18(17)28(25,26)23-10-2-3-13(12-23)19(24)22-16-7-4-14(20)5-8-16/h4-9,11,13H,2-3,10,12H2,1H3,(H,22,24)/t13-/m0/s1. The zero-order chi connectivity index (χ0) is 20.3. The summed E-state index contributed by atoms with van der Waals surface area (Å²) >= 11 is 3.33. The average molecular weight is 471 g/mol. The minimum atomic E-state index is -3.99. The Morgan fingerprint density at radius 2 is 1.96 bits per heavy atom. The van der Waals surface area contributed by atoms with Gasteiger partial charge in [0.15, 0.2) is 0 Å². The average Bonchev–Trinajstić information content (AvgIpc) is 2.69. The Hall–Kier alpha value is -1.97. The molecule has 0 saturated carbocycles. The molecule has 0 bridgehead atoms. The molecule has 28 heavy (non-hydrogen) atoms. The predicted octanol–water partition coefficient (Wildman–Crippen LogP) is 3.64. The second kappa shape index (κ2) is 8.59. The number of sulfonamides is 1. The number of rotatable bonds is 5. The maximum atomic E-state index is 13.7. The lowest BCUT2D eigenvalue weighted by Crippen LogP contribution is -2.43. The van der Waals surface area contributed by atoms with Crippen molar-refractivity contribution in [3.8, 4) is 5.75 Å². The number of nitrogens with zero attached hydrogens (tertiary/aromatic N) is 1. The number of amides is 1. The number of hydrogen-bond acceptors (Lipinski definition) is 4. The van der Waals surface area contributed by atoms with Gasteiger partial charge in [0.05, 0.1) is 13.0 Å². The van der Waals surface area contributed by atoms with E-state index in [0.717, 1.165) is 16.6 Å². The largest absolute Gasteiger partial charge is 0.495 e. The molecule has 0 radical (unpaired) electrons. The van der Waals surface area contributed by atoms with Crippen LogP contribution in [0.15, 0.2) is 51.8 Å². The third-order valence-corrected chi connectivity index (χ3v) is 7.03. The number of methoxy groups -OCH3 is 1. The number of ether oxygens (including phenoxy) is 1. The Labute approximate surface area is 171 Å². The van der Waals surface area contributed by atoms with E-state index in [0.29, 0.717) is 18.5 Å². The van der Waals surface area contributed by atoms with E-state index in [1.165, 1.54) is 17.5 Å². The summed E-state index contributed by atoms with van der Waals surface area (Å²) in [4.78, 5) is 12.4. The number of benzene rings is 2. The second-order valence-electron chi connectivity index (χ2n) is 6.49. The maximum absolute atomic E-state index is 13.7. The highest BCUT2D eigenvalue weighted by Crippen LogP contribution is 2.30. The summed E-state index contributed by atoms with van der Waals surface area (Å²) in [5, 5.41) is 2.82. The van der Waals surface area contributed by atoms with Crippen LogP contribution in [-0.4, -0.2) is 38.8 Å². The molecule has 0 aromatic heterocycles. The minimum Gasteiger partial charge on any atom is -0.495 e. The van der Waals surface area contributed by atoms with Crippen molar-refractivity contribution in [2.24, 2.45) is 5.92 Å². The number of hydrogen-bond donors (Lipinski definition) is 1. The van der Waals surface area contributed by atoms with Gasteiger partial charge < -0.3 is 10.1 Å². The molecule has 1 heterocycles. The van der Waals surface area contributed by atoms with Crippen LogP contribution in [-0.2, 0) is 14.8 Å². The van der Waals surface area contributed by atoms with Crippen LogP contribution in [0.25, 0.3) is 0 Å². The molecule has 1 fully saturated rings.